The van der Waals surface area contributed by atoms with Crippen LogP contribution in [0.2, 0.25) is 5.02 Å². The molecule has 2 aromatic heterocycles. The second-order valence-electron chi connectivity index (χ2n) is 3.68. The molecule has 0 saturated carbocycles. The van der Waals surface area contributed by atoms with Gasteiger partial charge >= 0.3 is 0 Å². The summed E-state index contributed by atoms with van der Waals surface area (Å²) >= 11 is 5.90. The Morgan fingerprint density at radius 2 is 2.21 bits per heavy atom. The Balaban J connectivity index is 2.17. The highest BCUT2D eigenvalue weighted by molar-refractivity contribution is 7.89. The van der Waals surface area contributed by atoms with E-state index in [1.54, 1.807) is 13.2 Å². The molecule has 0 aliphatic carbocycles. The predicted molar refractivity (Wildman–Crippen MR) is 71.4 cm³/mol. The summed E-state index contributed by atoms with van der Waals surface area (Å²) in [5.74, 6) is 0.426. The van der Waals surface area contributed by atoms with E-state index in [1.165, 1.54) is 18.5 Å². The zero-order valence-corrected chi connectivity index (χ0v) is 11.6. The van der Waals surface area contributed by atoms with Gasteiger partial charge in [0.2, 0.25) is 10.0 Å². The molecule has 2 rings (SSSR count). The first-order valence-electron chi connectivity index (χ1n) is 5.33. The van der Waals surface area contributed by atoms with Crippen molar-refractivity contribution in [1.82, 2.24) is 19.9 Å². The molecule has 3 N–H and O–H groups in total. The first-order valence-corrected chi connectivity index (χ1v) is 7.19. The zero-order chi connectivity index (χ0) is 13.9. The molecule has 19 heavy (non-hydrogen) atoms. The SMILES string of the molecule is CNc1ncc(S(=O)(=O)NCc2cn[nH]c2)cc1Cl. The van der Waals surface area contributed by atoms with Gasteiger partial charge in [-0.25, -0.2) is 18.1 Å². The van der Waals surface area contributed by atoms with E-state index >= 15 is 0 Å². The highest BCUT2D eigenvalue weighted by Crippen LogP contribution is 2.21. The number of aromatic nitrogens is 3. The van der Waals surface area contributed by atoms with Crippen LogP contribution in [0.4, 0.5) is 5.82 Å². The number of hydrogen-bond donors (Lipinski definition) is 3. The molecule has 0 aromatic carbocycles. The maximum atomic E-state index is 12.0. The van der Waals surface area contributed by atoms with Gasteiger partial charge in [-0.3, -0.25) is 5.10 Å². The molecule has 0 unspecified atom stereocenters. The van der Waals surface area contributed by atoms with Crippen LogP contribution in [-0.2, 0) is 16.6 Å². The minimum Gasteiger partial charge on any atom is -0.372 e. The molecular formula is C10H12ClN5O2S. The quantitative estimate of drug-likeness (QED) is 0.764. The van der Waals surface area contributed by atoms with Gasteiger partial charge in [-0.1, -0.05) is 11.6 Å². The molecule has 0 atom stereocenters. The standard InChI is InChI=1S/C10H12ClN5O2S/c1-12-10-9(11)2-8(6-13-10)19(17,18)16-5-7-3-14-15-4-7/h2-4,6,16H,5H2,1H3,(H,12,13)(H,14,15). The number of hydrogen-bond acceptors (Lipinski definition) is 5. The maximum Gasteiger partial charge on any atom is 0.242 e. The van der Waals surface area contributed by atoms with Gasteiger partial charge < -0.3 is 5.32 Å². The first-order chi connectivity index (χ1) is 9.03. The van der Waals surface area contributed by atoms with Crippen LogP contribution in [0, 0.1) is 0 Å². The average molecular weight is 302 g/mol. The van der Waals surface area contributed by atoms with Crippen LogP contribution in [-0.4, -0.2) is 30.6 Å². The third-order valence-corrected chi connectivity index (χ3v) is 4.04. The minimum atomic E-state index is -3.65. The van der Waals surface area contributed by atoms with Gasteiger partial charge in [0.05, 0.1) is 11.2 Å². The molecule has 0 bridgehead atoms. The summed E-state index contributed by atoms with van der Waals surface area (Å²) < 4.78 is 26.5. The Hall–Kier alpha value is -1.64. The summed E-state index contributed by atoms with van der Waals surface area (Å²) in [5.41, 5.74) is 0.731. The van der Waals surface area contributed by atoms with E-state index in [4.69, 9.17) is 11.6 Å². The van der Waals surface area contributed by atoms with E-state index in [1.807, 2.05) is 0 Å². The second kappa shape index (κ2) is 5.55. The van der Waals surface area contributed by atoms with Crippen LogP contribution >= 0.6 is 11.6 Å². The van der Waals surface area contributed by atoms with E-state index in [-0.39, 0.29) is 16.5 Å². The molecule has 9 heteroatoms. The maximum absolute atomic E-state index is 12.0. The van der Waals surface area contributed by atoms with Crippen LogP contribution in [0.3, 0.4) is 0 Å². The highest BCUT2D eigenvalue weighted by atomic mass is 35.5. The number of anilines is 1. The van der Waals surface area contributed by atoms with Gasteiger partial charge in [-0.15, -0.1) is 0 Å². The van der Waals surface area contributed by atoms with E-state index in [2.05, 4.69) is 25.2 Å². The Morgan fingerprint density at radius 3 is 2.79 bits per heavy atom. The van der Waals surface area contributed by atoms with Crippen LogP contribution in [0.5, 0.6) is 0 Å². The zero-order valence-electron chi connectivity index (χ0n) is 10.0. The summed E-state index contributed by atoms with van der Waals surface area (Å²) in [5, 5.41) is 9.34. The fraction of sp³-hybridized carbons (Fsp3) is 0.200. The smallest absolute Gasteiger partial charge is 0.242 e. The predicted octanol–water partition coefficient (Wildman–Crippen LogP) is 0.978. The lowest BCUT2D eigenvalue weighted by Crippen LogP contribution is -2.23. The average Bonchev–Trinajstić information content (AvgIpc) is 2.89. The number of pyridine rings is 1. The molecule has 0 aliphatic rings. The third-order valence-electron chi connectivity index (χ3n) is 2.38. The van der Waals surface area contributed by atoms with Crippen LogP contribution in [0.15, 0.2) is 29.6 Å². The van der Waals surface area contributed by atoms with Crippen molar-refractivity contribution >= 4 is 27.4 Å². The van der Waals surface area contributed by atoms with Gasteiger partial charge in [0, 0.05) is 31.5 Å². The number of rotatable bonds is 5. The van der Waals surface area contributed by atoms with Gasteiger partial charge in [0.25, 0.3) is 0 Å². The largest absolute Gasteiger partial charge is 0.372 e. The van der Waals surface area contributed by atoms with Gasteiger partial charge in [-0.05, 0) is 6.07 Å². The van der Waals surface area contributed by atoms with E-state index in [0.29, 0.717) is 5.82 Å². The molecule has 102 valence electrons. The van der Waals surface area contributed by atoms with Crippen molar-refractivity contribution < 1.29 is 8.42 Å². The molecule has 2 aromatic rings. The van der Waals surface area contributed by atoms with Crippen molar-refractivity contribution in [2.75, 3.05) is 12.4 Å². The normalized spacial score (nSPS) is 11.5. The van der Waals surface area contributed by atoms with Crippen LogP contribution < -0.4 is 10.0 Å². The molecule has 0 saturated heterocycles. The van der Waals surface area contributed by atoms with Crippen LogP contribution in [0.25, 0.3) is 0 Å². The molecule has 0 radical (unpaired) electrons. The molecule has 2 heterocycles. The Morgan fingerprint density at radius 1 is 1.42 bits per heavy atom. The number of sulfonamides is 1. The monoisotopic (exact) mass is 301 g/mol. The van der Waals surface area contributed by atoms with Crippen molar-refractivity contribution in [2.24, 2.45) is 0 Å². The number of H-pyrrole nitrogens is 1. The van der Waals surface area contributed by atoms with Gasteiger partial charge in [0.1, 0.15) is 10.7 Å². The first kappa shape index (κ1) is 13.8. The van der Waals surface area contributed by atoms with Gasteiger partial charge in [-0.2, -0.15) is 5.10 Å². The number of aromatic amines is 1. The molecule has 0 aliphatic heterocycles. The second-order valence-corrected chi connectivity index (χ2v) is 5.86. The van der Waals surface area contributed by atoms with E-state index < -0.39 is 10.0 Å². The minimum absolute atomic E-state index is 0.0139. The van der Waals surface area contributed by atoms with Crippen molar-refractivity contribution in [3.8, 4) is 0 Å². The number of halogens is 1. The third kappa shape index (κ3) is 3.22. The molecular weight excluding hydrogens is 290 g/mol. The highest BCUT2D eigenvalue weighted by Gasteiger charge is 2.16. The molecule has 0 amide bonds. The van der Waals surface area contributed by atoms with Crippen molar-refractivity contribution in [2.45, 2.75) is 11.4 Å². The summed E-state index contributed by atoms with van der Waals surface area (Å²) in [6.07, 6.45) is 4.39. The van der Waals surface area contributed by atoms with Crippen molar-refractivity contribution in [3.63, 3.8) is 0 Å². The fourth-order valence-electron chi connectivity index (χ4n) is 1.39. The molecule has 7 nitrogen and oxygen atoms in total. The topological polar surface area (TPSA) is 99.8 Å². The Labute approximate surface area is 115 Å². The Bertz CT molecular complexity index is 657. The number of nitrogens with zero attached hydrogens (tertiary/aromatic N) is 2. The summed E-state index contributed by atoms with van der Waals surface area (Å²) in [6, 6.07) is 1.35. The lowest BCUT2D eigenvalue weighted by atomic mass is 10.4. The van der Waals surface area contributed by atoms with E-state index in [9.17, 15) is 8.42 Å². The molecule has 0 fully saturated rings. The summed E-state index contributed by atoms with van der Waals surface area (Å²) in [7, 11) is -2.00. The summed E-state index contributed by atoms with van der Waals surface area (Å²) in [4.78, 5) is 3.94. The van der Waals surface area contributed by atoms with Gasteiger partial charge in [0.15, 0.2) is 0 Å². The van der Waals surface area contributed by atoms with Crippen molar-refractivity contribution in [3.05, 3.63) is 35.2 Å². The summed E-state index contributed by atoms with van der Waals surface area (Å²) in [6.45, 7) is 0.143. The van der Waals surface area contributed by atoms with Crippen LogP contribution in [0.1, 0.15) is 5.56 Å². The fourth-order valence-corrected chi connectivity index (χ4v) is 2.70. The Kier molecular flexibility index (Phi) is 4.03. The van der Waals surface area contributed by atoms with E-state index in [0.717, 1.165) is 5.56 Å². The molecule has 0 spiro atoms. The number of nitrogens with one attached hydrogen (secondary N) is 3. The lowest BCUT2D eigenvalue weighted by molar-refractivity contribution is 0.581. The van der Waals surface area contributed by atoms with Crippen molar-refractivity contribution in [1.29, 1.82) is 0 Å². The lowest BCUT2D eigenvalue weighted by Gasteiger charge is -2.07.